The van der Waals surface area contributed by atoms with Gasteiger partial charge in [0.05, 0.1) is 23.3 Å². The average molecular weight is 453 g/mol. The van der Waals surface area contributed by atoms with Crippen LogP contribution in [0.2, 0.25) is 0 Å². The summed E-state index contributed by atoms with van der Waals surface area (Å²) in [6, 6.07) is 15.8. The molecule has 2 aromatic heterocycles. The largest absolute Gasteiger partial charge is 0.468 e. The Morgan fingerprint density at radius 1 is 1.00 bits per heavy atom. The van der Waals surface area contributed by atoms with Crippen LogP contribution in [0.15, 0.2) is 80.7 Å². The number of carbonyl (C=O) groups excluding carboxylic acids is 2. The number of fused-ring (bicyclic) bond motifs is 1. The second kappa shape index (κ2) is 8.81. The summed E-state index contributed by atoms with van der Waals surface area (Å²) in [5.74, 6) is -0.603. The molecule has 2 heterocycles. The van der Waals surface area contributed by atoms with Crippen molar-refractivity contribution in [3.8, 4) is 0 Å². The molecular formula is C23H19NO7S. The van der Waals surface area contributed by atoms with Crippen molar-refractivity contribution in [2.75, 3.05) is 6.61 Å². The normalized spacial score (nSPS) is 11.5. The minimum Gasteiger partial charge on any atom is -0.468 e. The summed E-state index contributed by atoms with van der Waals surface area (Å²) in [7, 11) is -3.79. The maximum Gasteiger partial charge on any atom is 0.338 e. The summed E-state index contributed by atoms with van der Waals surface area (Å²) in [6.45, 7) is 1.27. The Kier molecular flexibility index (Phi) is 5.93. The third-order valence-electron chi connectivity index (χ3n) is 4.85. The second-order valence-electron chi connectivity index (χ2n) is 6.98. The highest BCUT2D eigenvalue weighted by molar-refractivity contribution is 7.89. The third kappa shape index (κ3) is 4.48. The van der Waals surface area contributed by atoms with Crippen molar-refractivity contribution < 1.29 is 31.6 Å². The smallest absolute Gasteiger partial charge is 0.338 e. The Morgan fingerprint density at radius 3 is 2.44 bits per heavy atom. The third-order valence-corrected chi connectivity index (χ3v) is 6.27. The van der Waals surface area contributed by atoms with Crippen molar-refractivity contribution in [1.82, 2.24) is 4.72 Å². The Morgan fingerprint density at radius 2 is 1.75 bits per heavy atom. The van der Waals surface area contributed by atoms with E-state index in [2.05, 4.69) is 4.72 Å². The Bertz CT molecular complexity index is 1370. The molecule has 0 aliphatic rings. The van der Waals surface area contributed by atoms with Crippen LogP contribution in [0.1, 0.15) is 32.2 Å². The molecule has 0 aliphatic heterocycles. The SMILES string of the molecule is Cc1c(C(=O)COC(=O)c2ccc(S(=O)(=O)NCc3ccco3)cc2)oc2ccccc12. The molecule has 0 saturated carbocycles. The monoisotopic (exact) mass is 453 g/mol. The maximum atomic E-state index is 12.5. The van der Waals surface area contributed by atoms with Gasteiger partial charge in [-0.25, -0.2) is 17.9 Å². The van der Waals surface area contributed by atoms with Crippen LogP contribution >= 0.6 is 0 Å². The molecule has 0 bridgehead atoms. The first-order valence-corrected chi connectivity index (χ1v) is 11.1. The van der Waals surface area contributed by atoms with Crippen molar-refractivity contribution >= 4 is 32.7 Å². The van der Waals surface area contributed by atoms with E-state index in [4.69, 9.17) is 13.6 Å². The van der Waals surface area contributed by atoms with Crippen molar-refractivity contribution in [3.63, 3.8) is 0 Å². The van der Waals surface area contributed by atoms with Gasteiger partial charge in [-0.15, -0.1) is 0 Å². The van der Waals surface area contributed by atoms with Crippen LogP contribution in [0.4, 0.5) is 0 Å². The molecule has 4 rings (SSSR count). The fraction of sp³-hybridized carbons (Fsp3) is 0.130. The first-order valence-electron chi connectivity index (χ1n) is 9.66. The minimum absolute atomic E-state index is 0.00243. The number of furan rings is 2. The van der Waals surface area contributed by atoms with E-state index in [1.165, 1.54) is 30.5 Å². The van der Waals surface area contributed by atoms with Gasteiger partial charge in [0.2, 0.25) is 15.8 Å². The van der Waals surface area contributed by atoms with Crippen molar-refractivity contribution in [2.45, 2.75) is 18.4 Å². The number of hydrogen-bond acceptors (Lipinski definition) is 7. The van der Waals surface area contributed by atoms with Crippen LogP contribution in [-0.4, -0.2) is 26.8 Å². The van der Waals surface area contributed by atoms with Crippen LogP contribution in [0.3, 0.4) is 0 Å². The first-order chi connectivity index (χ1) is 15.3. The number of Topliss-reactive ketones (excluding diaryl/α,β-unsaturated/α-hetero) is 1. The predicted octanol–water partition coefficient (Wildman–Crippen LogP) is 3.85. The van der Waals surface area contributed by atoms with Gasteiger partial charge in [0.25, 0.3) is 0 Å². The van der Waals surface area contributed by atoms with E-state index in [1.54, 1.807) is 31.2 Å². The van der Waals surface area contributed by atoms with E-state index in [0.29, 0.717) is 16.9 Å². The molecular weight excluding hydrogens is 434 g/mol. The summed E-state index contributed by atoms with van der Waals surface area (Å²) >= 11 is 0. The van der Waals surface area contributed by atoms with E-state index in [0.717, 1.165) is 5.39 Å². The van der Waals surface area contributed by atoms with Crippen molar-refractivity contribution in [2.24, 2.45) is 0 Å². The molecule has 0 spiro atoms. The fourth-order valence-electron chi connectivity index (χ4n) is 3.15. The van der Waals surface area contributed by atoms with E-state index < -0.39 is 28.4 Å². The quantitative estimate of drug-likeness (QED) is 0.318. The number of carbonyl (C=O) groups is 2. The highest BCUT2D eigenvalue weighted by atomic mass is 32.2. The zero-order valence-corrected chi connectivity index (χ0v) is 17.8. The summed E-state index contributed by atoms with van der Waals surface area (Å²) in [4.78, 5) is 24.7. The molecule has 4 aromatic rings. The first kappa shape index (κ1) is 21.5. The molecule has 0 fully saturated rings. The lowest BCUT2D eigenvalue weighted by Crippen LogP contribution is -2.23. The molecule has 0 aliphatic carbocycles. The molecule has 0 saturated heterocycles. The number of para-hydroxylation sites is 1. The molecule has 9 heteroatoms. The number of ketones is 1. The zero-order chi connectivity index (χ0) is 22.7. The molecule has 164 valence electrons. The van der Waals surface area contributed by atoms with Gasteiger partial charge in [-0.05, 0) is 49.4 Å². The molecule has 8 nitrogen and oxygen atoms in total. The molecule has 1 N–H and O–H groups in total. The highest BCUT2D eigenvalue weighted by Gasteiger charge is 2.20. The zero-order valence-electron chi connectivity index (χ0n) is 17.0. The lowest BCUT2D eigenvalue weighted by Gasteiger charge is -2.07. The van der Waals surface area contributed by atoms with E-state index in [9.17, 15) is 18.0 Å². The summed E-state index contributed by atoms with van der Waals surface area (Å²) < 4.78 is 42.9. The van der Waals surface area contributed by atoms with Gasteiger partial charge in [-0.3, -0.25) is 4.79 Å². The standard InChI is InChI=1S/C23H19NO7S/c1-15-19-6-2-3-7-21(19)31-22(15)20(25)14-30-23(26)16-8-10-18(11-9-16)32(27,28)24-13-17-5-4-12-29-17/h2-12,24H,13-14H2,1H3. The van der Waals surface area contributed by atoms with Gasteiger partial charge in [-0.1, -0.05) is 18.2 Å². The fourth-order valence-corrected chi connectivity index (χ4v) is 4.15. The van der Waals surface area contributed by atoms with Gasteiger partial charge < -0.3 is 13.6 Å². The van der Waals surface area contributed by atoms with Crippen molar-refractivity contribution in [3.05, 3.63) is 89.6 Å². The van der Waals surface area contributed by atoms with Gasteiger partial charge in [0.1, 0.15) is 11.3 Å². The van der Waals surface area contributed by atoms with Crippen LogP contribution in [0.5, 0.6) is 0 Å². The van der Waals surface area contributed by atoms with Gasteiger partial charge in [-0.2, -0.15) is 0 Å². The van der Waals surface area contributed by atoms with Crippen LogP contribution < -0.4 is 4.72 Å². The van der Waals surface area contributed by atoms with Crippen LogP contribution in [0.25, 0.3) is 11.0 Å². The number of hydrogen-bond donors (Lipinski definition) is 1. The van der Waals surface area contributed by atoms with E-state index in [1.807, 2.05) is 12.1 Å². The van der Waals surface area contributed by atoms with Gasteiger partial charge >= 0.3 is 5.97 Å². The number of sulfonamides is 1. The molecule has 0 radical (unpaired) electrons. The molecule has 2 aromatic carbocycles. The molecule has 0 atom stereocenters. The van der Waals surface area contributed by atoms with E-state index >= 15 is 0 Å². The average Bonchev–Trinajstić information content (AvgIpc) is 3.44. The van der Waals surface area contributed by atoms with Crippen LogP contribution in [-0.2, 0) is 21.3 Å². The van der Waals surface area contributed by atoms with Gasteiger partial charge in [0, 0.05) is 10.9 Å². The Labute approximate surface area is 183 Å². The highest BCUT2D eigenvalue weighted by Crippen LogP contribution is 2.25. The Hall–Kier alpha value is -3.69. The number of esters is 1. The maximum absolute atomic E-state index is 12.5. The number of rotatable bonds is 8. The Balaban J connectivity index is 1.38. The summed E-state index contributed by atoms with van der Waals surface area (Å²) in [5.41, 5.74) is 1.37. The van der Waals surface area contributed by atoms with Crippen LogP contribution in [0, 0.1) is 6.92 Å². The number of benzene rings is 2. The predicted molar refractivity (Wildman–Crippen MR) is 115 cm³/mol. The topological polar surface area (TPSA) is 116 Å². The van der Waals surface area contributed by atoms with Gasteiger partial charge in [0.15, 0.2) is 12.4 Å². The summed E-state index contributed by atoms with van der Waals surface area (Å²) in [6.07, 6.45) is 1.45. The lowest BCUT2D eigenvalue weighted by atomic mass is 10.1. The summed E-state index contributed by atoms with van der Waals surface area (Å²) in [5, 5.41) is 0.819. The number of nitrogens with one attached hydrogen (secondary N) is 1. The minimum atomic E-state index is -3.79. The van der Waals surface area contributed by atoms with E-state index in [-0.39, 0.29) is 22.8 Å². The van der Waals surface area contributed by atoms with Crippen molar-refractivity contribution in [1.29, 1.82) is 0 Å². The number of ether oxygens (including phenoxy) is 1. The number of aryl methyl sites for hydroxylation is 1. The lowest BCUT2D eigenvalue weighted by molar-refractivity contribution is 0.0468. The molecule has 0 unspecified atom stereocenters. The molecule has 0 amide bonds. The molecule has 32 heavy (non-hydrogen) atoms. The second-order valence-corrected chi connectivity index (χ2v) is 8.75.